The van der Waals surface area contributed by atoms with Crippen LogP contribution in [0.25, 0.3) is 22.2 Å². The van der Waals surface area contributed by atoms with E-state index >= 15 is 0 Å². The second-order valence-corrected chi connectivity index (χ2v) is 12.8. The lowest BCUT2D eigenvalue weighted by Crippen LogP contribution is -2.43. The van der Waals surface area contributed by atoms with E-state index in [4.69, 9.17) is 4.98 Å². The van der Waals surface area contributed by atoms with Crippen molar-refractivity contribution in [1.82, 2.24) is 20.1 Å². The van der Waals surface area contributed by atoms with Gasteiger partial charge in [0.25, 0.3) is 5.91 Å². The molecule has 1 saturated heterocycles. The van der Waals surface area contributed by atoms with Crippen molar-refractivity contribution in [3.63, 3.8) is 0 Å². The van der Waals surface area contributed by atoms with Gasteiger partial charge in [-0.25, -0.2) is 4.98 Å². The van der Waals surface area contributed by atoms with Crippen molar-refractivity contribution in [2.75, 3.05) is 20.1 Å². The van der Waals surface area contributed by atoms with Gasteiger partial charge >= 0.3 is 0 Å². The minimum absolute atomic E-state index is 0.0370. The first kappa shape index (κ1) is 29.5. The molecule has 1 aromatic heterocycles. The van der Waals surface area contributed by atoms with Crippen molar-refractivity contribution in [2.24, 2.45) is 5.92 Å². The van der Waals surface area contributed by atoms with E-state index in [9.17, 15) is 4.79 Å². The van der Waals surface area contributed by atoms with Crippen molar-refractivity contribution >= 4 is 16.8 Å². The van der Waals surface area contributed by atoms with E-state index in [1.165, 1.54) is 37.7 Å². The topological polar surface area (TPSA) is 48.5 Å². The van der Waals surface area contributed by atoms with Crippen LogP contribution in [0.3, 0.4) is 0 Å². The quantitative estimate of drug-likeness (QED) is 0.223. The van der Waals surface area contributed by atoms with Crippen LogP contribution >= 0.6 is 0 Å². The molecule has 5 heteroatoms. The lowest BCUT2D eigenvalue weighted by molar-refractivity contribution is 0.0916. The predicted molar refractivity (Wildman–Crippen MR) is 177 cm³/mol. The summed E-state index contributed by atoms with van der Waals surface area (Å²) in [5.41, 5.74) is 6.05. The summed E-state index contributed by atoms with van der Waals surface area (Å²) >= 11 is 0. The number of piperidine rings is 1. The molecule has 224 valence electrons. The lowest BCUT2D eigenvalue weighted by atomic mass is 9.84. The summed E-state index contributed by atoms with van der Waals surface area (Å²) in [6.45, 7) is 6.05. The van der Waals surface area contributed by atoms with Gasteiger partial charge in [-0.15, -0.1) is 0 Å². The molecule has 1 aliphatic heterocycles. The molecular weight excluding hydrogens is 528 g/mol. The average molecular weight is 575 g/mol. The van der Waals surface area contributed by atoms with Crippen molar-refractivity contribution in [3.8, 4) is 11.3 Å². The summed E-state index contributed by atoms with van der Waals surface area (Å²) in [6.07, 6.45) is 8.48. The van der Waals surface area contributed by atoms with Crippen molar-refractivity contribution in [3.05, 3.63) is 102 Å². The first-order valence-electron chi connectivity index (χ1n) is 16.3. The second kappa shape index (κ2) is 13.8. The molecule has 6 rings (SSSR count). The van der Waals surface area contributed by atoms with Gasteiger partial charge in [-0.3, -0.25) is 14.6 Å². The Balaban J connectivity index is 1.29. The zero-order valence-corrected chi connectivity index (χ0v) is 25.8. The predicted octanol–water partition coefficient (Wildman–Crippen LogP) is 7.70. The maximum atomic E-state index is 14.3. The zero-order chi connectivity index (χ0) is 29.6. The third-order valence-electron chi connectivity index (χ3n) is 9.82. The monoisotopic (exact) mass is 574 g/mol. The zero-order valence-electron chi connectivity index (χ0n) is 25.8. The van der Waals surface area contributed by atoms with Gasteiger partial charge in [0.15, 0.2) is 0 Å². The highest BCUT2D eigenvalue weighted by molar-refractivity contribution is 6.09. The van der Waals surface area contributed by atoms with Crippen LogP contribution in [0.1, 0.15) is 73.4 Å². The third kappa shape index (κ3) is 7.00. The number of benzene rings is 3. The number of carbonyl (C=O) groups excluding carboxylic acids is 1. The van der Waals surface area contributed by atoms with Crippen LogP contribution in [0.5, 0.6) is 0 Å². The van der Waals surface area contributed by atoms with E-state index < -0.39 is 0 Å². The first-order chi connectivity index (χ1) is 21.1. The second-order valence-electron chi connectivity index (χ2n) is 12.8. The van der Waals surface area contributed by atoms with Crippen LogP contribution in [0.2, 0.25) is 0 Å². The summed E-state index contributed by atoms with van der Waals surface area (Å²) in [6, 6.07) is 30.0. The molecule has 1 aliphatic carbocycles. The lowest BCUT2D eigenvalue weighted by Gasteiger charge is -2.37. The molecule has 3 aromatic carbocycles. The van der Waals surface area contributed by atoms with Gasteiger partial charge < -0.3 is 5.32 Å². The Bertz CT molecular complexity index is 1490. The van der Waals surface area contributed by atoms with Gasteiger partial charge in [-0.2, -0.15) is 0 Å². The van der Waals surface area contributed by atoms with E-state index in [2.05, 4.69) is 89.8 Å². The third-order valence-corrected chi connectivity index (χ3v) is 9.82. The molecule has 5 nitrogen and oxygen atoms in total. The highest BCUT2D eigenvalue weighted by Crippen LogP contribution is 2.33. The number of pyridine rings is 1. The largest absolute Gasteiger partial charge is 0.349 e. The molecule has 4 aromatic rings. The van der Waals surface area contributed by atoms with Gasteiger partial charge in [-0.1, -0.05) is 98.1 Å². The molecule has 1 atom stereocenters. The van der Waals surface area contributed by atoms with Crippen LogP contribution in [-0.2, 0) is 13.1 Å². The van der Waals surface area contributed by atoms with Gasteiger partial charge in [0, 0.05) is 41.7 Å². The van der Waals surface area contributed by atoms with Gasteiger partial charge in [0.2, 0.25) is 0 Å². The Labute approximate surface area is 257 Å². The number of amides is 1. The SMILES string of the molecule is C[C@H](NC(=O)c1c(CN(C)C2CCN(Cc3ccccc3)CC2)c(-c2ccccc2)nc2ccccc12)C1CCCCC1. The number of fused-ring (bicyclic) bond motifs is 1. The van der Waals surface area contributed by atoms with Gasteiger partial charge in [0.05, 0.1) is 16.8 Å². The van der Waals surface area contributed by atoms with Crippen molar-refractivity contribution in [1.29, 1.82) is 0 Å². The molecule has 2 heterocycles. The maximum Gasteiger partial charge on any atom is 0.252 e. The number of likely N-dealkylation sites (tertiary alicyclic amines) is 1. The highest BCUT2D eigenvalue weighted by Gasteiger charge is 2.29. The van der Waals surface area contributed by atoms with Gasteiger partial charge in [-0.05, 0) is 70.3 Å². The van der Waals surface area contributed by atoms with E-state index in [0.717, 1.165) is 65.8 Å². The minimum Gasteiger partial charge on any atom is -0.349 e. The summed E-state index contributed by atoms with van der Waals surface area (Å²) in [7, 11) is 2.23. The summed E-state index contributed by atoms with van der Waals surface area (Å²) < 4.78 is 0. The highest BCUT2D eigenvalue weighted by atomic mass is 16.1. The molecule has 0 radical (unpaired) electrons. The van der Waals surface area contributed by atoms with Crippen LogP contribution < -0.4 is 5.32 Å². The number of rotatable bonds is 9. The number of aromatic nitrogens is 1. The van der Waals surface area contributed by atoms with Crippen LogP contribution in [-0.4, -0.2) is 52.9 Å². The van der Waals surface area contributed by atoms with Crippen molar-refractivity contribution in [2.45, 2.75) is 77.0 Å². The van der Waals surface area contributed by atoms with Crippen LogP contribution in [0.15, 0.2) is 84.9 Å². The number of hydrogen-bond acceptors (Lipinski definition) is 4. The minimum atomic E-state index is 0.0370. The fourth-order valence-electron chi connectivity index (χ4n) is 7.27. The van der Waals surface area contributed by atoms with E-state index in [1.54, 1.807) is 0 Å². The Morgan fingerprint density at radius 3 is 2.26 bits per heavy atom. The molecule has 1 N–H and O–H groups in total. The molecule has 1 amide bonds. The fourth-order valence-corrected chi connectivity index (χ4v) is 7.27. The summed E-state index contributed by atoms with van der Waals surface area (Å²) in [5.74, 6) is 0.585. The van der Waals surface area contributed by atoms with E-state index in [0.29, 0.717) is 18.5 Å². The average Bonchev–Trinajstić information content (AvgIpc) is 3.06. The summed E-state index contributed by atoms with van der Waals surface area (Å²) in [4.78, 5) is 24.6. The number of carbonyl (C=O) groups is 1. The van der Waals surface area contributed by atoms with Crippen LogP contribution in [0, 0.1) is 5.92 Å². The molecule has 2 fully saturated rings. The molecule has 0 spiro atoms. The standard InChI is InChI=1S/C38H46N4O/c1-28(30-16-8-4-9-17-30)39-38(43)36-33-20-12-13-21-35(33)40-37(31-18-10-5-11-19-31)34(36)27-41(2)32-22-24-42(25-23-32)26-29-14-6-3-7-15-29/h3,5-7,10-15,18-21,28,30,32H,4,8-9,16-17,22-27H2,1-2H3,(H,39,43)/t28-/m0/s1. The smallest absolute Gasteiger partial charge is 0.252 e. The number of nitrogens with one attached hydrogen (secondary N) is 1. The van der Waals surface area contributed by atoms with E-state index in [1.807, 2.05) is 24.3 Å². The maximum absolute atomic E-state index is 14.3. The molecule has 0 unspecified atom stereocenters. The Morgan fingerprint density at radius 2 is 1.53 bits per heavy atom. The number of para-hydroxylation sites is 1. The molecule has 2 aliphatic rings. The Morgan fingerprint density at radius 1 is 0.884 bits per heavy atom. The van der Waals surface area contributed by atoms with Gasteiger partial charge in [0.1, 0.15) is 0 Å². The molecule has 0 bridgehead atoms. The van der Waals surface area contributed by atoms with E-state index in [-0.39, 0.29) is 11.9 Å². The molecular formula is C38H46N4O. The Hall–Kier alpha value is -3.54. The Kier molecular flexibility index (Phi) is 9.50. The molecule has 1 saturated carbocycles. The van der Waals surface area contributed by atoms with Crippen LogP contribution in [0.4, 0.5) is 0 Å². The summed E-state index contributed by atoms with van der Waals surface area (Å²) in [5, 5.41) is 4.41. The first-order valence-corrected chi connectivity index (χ1v) is 16.3. The molecule has 43 heavy (non-hydrogen) atoms. The normalized spacial score (nSPS) is 17.7. The number of nitrogens with zero attached hydrogens (tertiary/aromatic N) is 3. The fraction of sp³-hybridized carbons (Fsp3) is 0.421. The van der Waals surface area contributed by atoms with Crippen molar-refractivity contribution < 1.29 is 4.79 Å². The number of hydrogen-bond donors (Lipinski definition) is 1.